The van der Waals surface area contributed by atoms with E-state index in [1.807, 2.05) is 49.5 Å². The number of hydrogen-bond donors (Lipinski definition) is 1. The van der Waals surface area contributed by atoms with Crippen LogP contribution in [-0.4, -0.2) is 11.0 Å². The topological polar surface area (TPSA) is 48.1 Å². The third kappa shape index (κ3) is 4.07. The predicted octanol–water partition coefficient (Wildman–Crippen LogP) is 3.46. The number of ether oxygens (including phenoxy) is 1. The Morgan fingerprint density at radius 2 is 1.89 bits per heavy atom. The van der Waals surface area contributed by atoms with Crippen LogP contribution in [-0.2, 0) is 6.42 Å². The van der Waals surface area contributed by atoms with E-state index in [1.165, 1.54) is 5.56 Å². The first-order chi connectivity index (χ1) is 9.17. The van der Waals surface area contributed by atoms with Gasteiger partial charge in [0.1, 0.15) is 5.75 Å². The van der Waals surface area contributed by atoms with E-state index in [2.05, 4.69) is 11.9 Å². The van der Waals surface area contributed by atoms with Crippen LogP contribution in [0.1, 0.15) is 24.5 Å². The maximum Gasteiger partial charge on any atom is 0.219 e. The number of hydrogen-bond acceptors (Lipinski definition) is 3. The number of nitrogens with zero attached hydrogens (tertiary/aromatic N) is 1. The van der Waals surface area contributed by atoms with Gasteiger partial charge in [0.2, 0.25) is 5.88 Å². The minimum atomic E-state index is 0.200. The van der Waals surface area contributed by atoms with E-state index < -0.39 is 0 Å². The Hall–Kier alpha value is -1.87. The molecule has 0 saturated heterocycles. The van der Waals surface area contributed by atoms with Crippen LogP contribution in [0.15, 0.2) is 42.6 Å². The van der Waals surface area contributed by atoms with Gasteiger partial charge in [0.15, 0.2) is 0 Å². The van der Waals surface area contributed by atoms with Crippen LogP contribution in [0.3, 0.4) is 0 Å². The van der Waals surface area contributed by atoms with Gasteiger partial charge in [-0.25, -0.2) is 4.98 Å². The SMILES string of the molecule is CCC(N)Cc1ccc(Oc2ccc(C)cc2)nc1. The highest BCUT2D eigenvalue weighted by molar-refractivity contribution is 5.30. The highest BCUT2D eigenvalue weighted by atomic mass is 16.5. The van der Waals surface area contributed by atoms with Crippen LogP contribution in [0.4, 0.5) is 0 Å². The summed E-state index contributed by atoms with van der Waals surface area (Å²) in [5.41, 5.74) is 8.28. The standard InChI is InChI=1S/C16H20N2O/c1-3-14(17)10-13-6-9-16(18-11-13)19-15-7-4-12(2)5-8-15/h4-9,11,14H,3,10,17H2,1-2H3. The summed E-state index contributed by atoms with van der Waals surface area (Å²) in [7, 11) is 0. The fraction of sp³-hybridized carbons (Fsp3) is 0.312. The minimum absolute atomic E-state index is 0.200. The van der Waals surface area contributed by atoms with Gasteiger partial charge in [0.05, 0.1) is 0 Å². The highest BCUT2D eigenvalue weighted by Gasteiger charge is 2.03. The normalized spacial score (nSPS) is 12.2. The zero-order valence-corrected chi connectivity index (χ0v) is 11.5. The van der Waals surface area contributed by atoms with Crippen molar-refractivity contribution in [2.75, 3.05) is 0 Å². The van der Waals surface area contributed by atoms with Crippen molar-refractivity contribution in [2.24, 2.45) is 5.73 Å². The first kappa shape index (κ1) is 13.6. The van der Waals surface area contributed by atoms with Gasteiger partial charge < -0.3 is 10.5 Å². The van der Waals surface area contributed by atoms with Crippen LogP contribution in [0.25, 0.3) is 0 Å². The van der Waals surface area contributed by atoms with Crippen molar-refractivity contribution in [1.29, 1.82) is 0 Å². The Balaban J connectivity index is 2.00. The fourth-order valence-electron chi connectivity index (χ4n) is 1.77. The van der Waals surface area contributed by atoms with Crippen molar-refractivity contribution < 1.29 is 4.74 Å². The third-order valence-electron chi connectivity index (χ3n) is 3.06. The van der Waals surface area contributed by atoms with Crippen molar-refractivity contribution in [2.45, 2.75) is 32.7 Å². The van der Waals surface area contributed by atoms with Gasteiger partial charge in [-0.1, -0.05) is 30.7 Å². The summed E-state index contributed by atoms with van der Waals surface area (Å²) in [5.74, 6) is 1.41. The van der Waals surface area contributed by atoms with Gasteiger partial charge in [-0.3, -0.25) is 0 Å². The zero-order valence-electron chi connectivity index (χ0n) is 11.5. The Morgan fingerprint density at radius 3 is 2.47 bits per heavy atom. The lowest BCUT2D eigenvalue weighted by atomic mass is 10.1. The number of rotatable bonds is 5. The van der Waals surface area contributed by atoms with E-state index in [-0.39, 0.29) is 6.04 Å². The lowest BCUT2D eigenvalue weighted by Crippen LogP contribution is -2.21. The van der Waals surface area contributed by atoms with Crippen LogP contribution in [0.5, 0.6) is 11.6 Å². The molecule has 2 rings (SSSR count). The summed E-state index contributed by atoms with van der Waals surface area (Å²) in [6.45, 7) is 4.14. The number of nitrogens with two attached hydrogens (primary N) is 1. The van der Waals surface area contributed by atoms with Crippen molar-refractivity contribution in [3.63, 3.8) is 0 Å². The molecule has 0 fully saturated rings. The summed E-state index contributed by atoms with van der Waals surface area (Å²) in [6, 6.07) is 12.0. The maximum absolute atomic E-state index is 5.92. The first-order valence-corrected chi connectivity index (χ1v) is 6.62. The molecule has 0 spiro atoms. The predicted molar refractivity (Wildman–Crippen MR) is 77.5 cm³/mol. The second-order valence-corrected chi connectivity index (χ2v) is 4.79. The summed E-state index contributed by atoms with van der Waals surface area (Å²) >= 11 is 0. The molecular formula is C16H20N2O. The van der Waals surface area contributed by atoms with E-state index in [9.17, 15) is 0 Å². The lowest BCUT2D eigenvalue weighted by Gasteiger charge is -2.09. The van der Waals surface area contributed by atoms with Gasteiger partial charge in [0, 0.05) is 18.3 Å². The first-order valence-electron chi connectivity index (χ1n) is 6.62. The Labute approximate surface area is 114 Å². The molecule has 1 aromatic carbocycles. The number of benzene rings is 1. The van der Waals surface area contributed by atoms with Gasteiger partial charge >= 0.3 is 0 Å². The van der Waals surface area contributed by atoms with Crippen LogP contribution >= 0.6 is 0 Å². The largest absolute Gasteiger partial charge is 0.439 e. The van der Waals surface area contributed by atoms with Crippen molar-refractivity contribution >= 4 is 0 Å². The number of pyridine rings is 1. The average Bonchev–Trinajstić information content (AvgIpc) is 2.43. The molecule has 100 valence electrons. The van der Waals surface area contributed by atoms with Crippen molar-refractivity contribution in [1.82, 2.24) is 4.98 Å². The molecule has 3 nitrogen and oxygen atoms in total. The van der Waals surface area contributed by atoms with E-state index in [1.54, 1.807) is 0 Å². The summed E-state index contributed by atoms with van der Waals surface area (Å²) in [6.07, 6.45) is 3.66. The molecule has 0 bridgehead atoms. The maximum atomic E-state index is 5.92. The van der Waals surface area contributed by atoms with Gasteiger partial charge in [-0.05, 0) is 37.5 Å². The quantitative estimate of drug-likeness (QED) is 0.891. The molecule has 19 heavy (non-hydrogen) atoms. The number of aromatic nitrogens is 1. The Bertz CT molecular complexity index is 505. The minimum Gasteiger partial charge on any atom is -0.439 e. The molecule has 0 amide bonds. The van der Waals surface area contributed by atoms with E-state index in [0.717, 1.165) is 24.2 Å². The molecule has 0 saturated carbocycles. The monoisotopic (exact) mass is 256 g/mol. The van der Waals surface area contributed by atoms with Crippen LogP contribution in [0.2, 0.25) is 0 Å². The molecular weight excluding hydrogens is 236 g/mol. The Morgan fingerprint density at radius 1 is 1.16 bits per heavy atom. The van der Waals surface area contributed by atoms with Crippen molar-refractivity contribution in [3.8, 4) is 11.6 Å². The molecule has 2 N–H and O–H groups in total. The molecule has 1 unspecified atom stereocenters. The van der Waals surface area contributed by atoms with E-state index in [4.69, 9.17) is 10.5 Å². The smallest absolute Gasteiger partial charge is 0.219 e. The second kappa shape index (κ2) is 6.34. The summed E-state index contributed by atoms with van der Waals surface area (Å²) in [4.78, 5) is 4.31. The second-order valence-electron chi connectivity index (χ2n) is 4.79. The molecule has 0 aliphatic carbocycles. The van der Waals surface area contributed by atoms with Crippen LogP contribution in [0, 0.1) is 6.92 Å². The lowest BCUT2D eigenvalue weighted by molar-refractivity contribution is 0.462. The molecule has 0 radical (unpaired) electrons. The molecule has 0 aliphatic rings. The van der Waals surface area contributed by atoms with Crippen LogP contribution < -0.4 is 10.5 Å². The average molecular weight is 256 g/mol. The van der Waals surface area contributed by atoms with E-state index >= 15 is 0 Å². The summed E-state index contributed by atoms with van der Waals surface area (Å²) < 4.78 is 5.68. The fourth-order valence-corrected chi connectivity index (χ4v) is 1.77. The van der Waals surface area contributed by atoms with E-state index in [0.29, 0.717) is 5.88 Å². The highest BCUT2D eigenvalue weighted by Crippen LogP contribution is 2.19. The molecule has 1 atom stereocenters. The van der Waals surface area contributed by atoms with Crippen molar-refractivity contribution in [3.05, 3.63) is 53.7 Å². The molecule has 0 aliphatic heterocycles. The summed E-state index contributed by atoms with van der Waals surface area (Å²) in [5, 5.41) is 0. The van der Waals surface area contributed by atoms with Gasteiger partial charge in [-0.2, -0.15) is 0 Å². The number of aryl methyl sites for hydroxylation is 1. The third-order valence-corrected chi connectivity index (χ3v) is 3.06. The molecule has 3 heteroatoms. The zero-order chi connectivity index (χ0) is 13.7. The van der Waals surface area contributed by atoms with Gasteiger partial charge in [0.25, 0.3) is 0 Å². The molecule has 1 heterocycles. The molecule has 1 aromatic heterocycles. The van der Waals surface area contributed by atoms with Gasteiger partial charge in [-0.15, -0.1) is 0 Å². The molecule has 2 aromatic rings. The Kier molecular flexibility index (Phi) is 4.53.